The number of aliphatic hydroxyl groups excluding tert-OH is 1. The number of hydrogen-bond acceptors (Lipinski definition) is 4. The van der Waals surface area contributed by atoms with E-state index in [2.05, 4.69) is 5.32 Å². The first-order valence-corrected chi connectivity index (χ1v) is 4.12. The second kappa shape index (κ2) is 3.41. The monoisotopic (exact) mass is 148 g/mol. The van der Waals surface area contributed by atoms with Gasteiger partial charge in [-0.1, -0.05) is 0 Å². The molecule has 3 nitrogen and oxygen atoms in total. The maximum Gasteiger partial charge on any atom is 0.103 e. The van der Waals surface area contributed by atoms with Crippen LogP contribution in [-0.2, 0) is 0 Å². The molecule has 4 heteroatoms. The summed E-state index contributed by atoms with van der Waals surface area (Å²) >= 11 is 1.70. The van der Waals surface area contributed by atoms with Gasteiger partial charge in [-0.2, -0.15) is 0 Å². The van der Waals surface area contributed by atoms with Crippen LogP contribution in [0.2, 0.25) is 0 Å². The van der Waals surface area contributed by atoms with Gasteiger partial charge in [0.25, 0.3) is 0 Å². The van der Waals surface area contributed by atoms with Gasteiger partial charge in [0.05, 0.1) is 0 Å². The molecule has 1 aliphatic heterocycles. The zero-order valence-corrected chi connectivity index (χ0v) is 6.03. The third-order valence-electron chi connectivity index (χ3n) is 1.35. The van der Waals surface area contributed by atoms with Crippen molar-refractivity contribution in [1.82, 2.24) is 5.32 Å². The lowest BCUT2D eigenvalue weighted by Gasteiger charge is -2.06. The van der Waals surface area contributed by atoms with E-state index in [1.54, 1.807) is 11.8 Å². The van der Waals surface area contributed by atoms with E-state index in [1.165, 1.54) is 0 Å². The molecular formula is C5H12N2OS. The van der Waals surface area contributed by atoms with Crippen molar-refractivity contribution in [3.8, 4) is 0 Å². The molecule has 0 aromatic carbocycles. The summed E-state index contributed by atoms with van der Waals surface area (Å²) in [7, 11) is 0. The second-order valence-corrected chi connectivity index (χ2v) is 3.30. The van der Waals surface area contributed by atoms with E-state index < -0.39 is 0 Å². The molecule has 0 aliphatic carbocycles. The highest BCUT2D eigenvalue weighted by Crippen LogP contribution is 2.15. The first-order chi connectivity index (χ1) is 4.33. The van der Waals surface area contributed by atoms with Gasteiger partial charge in [-0.25, -0.2) is 0 Å². The fourth-order valence-electron chi connectivity index (χ4n) is 0.871. The van der Waals surface area contributed by atoms with Crippen LogP contribution in [0.4, 0.5) is 0 Å². The molecule has 1 fully saturated rings. The van der Waals surface area contributed by atoms with Crippen LogP contribution in [0.3, 0.4) is 0 Å². The maximum absolute atomic E-state index is 8.52. The van der Waals surface area contributed by atoms with E-state index in [1.807, 2.05) is 0 Å². The predicted octanol–water partition coefficient (Wildman–Crippen LogP) is -0.684. The van der Waals surface area contributed by atoms with Gasteiger partial charge in [-0.05, 0) is 6.42 Å². The van der Waals surface area contributed by atoms with E-state index in [9.17, 15) is 0 Å². The molecule has 4 N–H and O–H groups in total. The maximum atomic E-state index is 8.52. The van der Waals surface area contributed by atoms with Crippen molar-refractivity contribution in [2.75, 3.05) is 12.4 Å². The highest BCUT2D eigenvalue weighted by molar-refractivity contribution is 8.00. The van der Waals surface area contributed by atoms with Crippen LogP contribution in [0.5, 0.6) is 0 Å². The van der Waals surface area contributed by atoms with Gasteiger partial charge < -0.3 is 10.8 Å². The summed E-state index contributed by atoms with van der Waals surface area (Å²) in [6.45, 7) is 0.255. The molecule has 1 heterocycles. The molecule has 1 rings (SSSR count). The Balaban J connectivity index is 2.14. The molecule has 2 atom stereocenters. The highest BCUT2D eigenvalue weighted by Gasteiger charge is 2.19. The zero-order valence-electron chi connectivity index (χ0n) is 5.21. The van der Waals surface area contributed by atoms with Crippen LogP contribution in [0.25, 0.3) is 0 Å². The number of hydrogen-bond donors (Lipinski definition) is 3. The Morgan fingerprint density at radius 2 is 2.56 bits per heavy atom. The number of thioether (sulfide) groups is 1. The van der Waals surface area contributed by atoms with Gasteiger partial charge in [0.1, 0.15) is 5.50 Å². The van der Waals surface area contributed by atoms with Crippen molar-refractivity contribution in [3.05, 3.63) is 0 Å². The van der Waals surface area contributed by atoms with Crippen molar-refractivity contribution >= 4 is 11.8 Å². The summed E-state index contributed by atoms with van der Waals surface area (Å²) in [5.41, 5.74) is 5.61. The molecule has 0 radical (unpaired) electrons. The Labute approximate surface area is 59.0 Å². The van der Waals surface area contributed by atoms with Crippen LogP contribution in [0, 0.1) is 0 Å². The number of aliphatic hydroxyl groups is 1. The molecule has 1 aliphatic rings. The fraction of sp³-hybridized carbons (Fsp3) is 1.00. The van der Waals surface area contributed by atoms with Gasteiger partial charge in [0.2, 0.25) is 0 Å². The van der Waals surface area contributed by atoms with E-state index >= 15 is 0 Å². The molecule has 0 aromatic rings. The first kappa shape index (κ1) is 7.34. The van der Waals surface area contributed by atoms with Crippen molar-refractivity contribution in [3.63, 3.8) is 0 Å². The van der Waals surface area contributed by atoms with E-state index in [-0.39, 0.29) is 12.1 Å². The molecule has 0 aromatic heterocycles. The summed E-state index contributed by atoms with van der Waals surface area (Å²) in [4.78, 5) is 0. The van der Waals surface area contributed by atoms with Gasteiger partial charge in [0, 0.05) is 18.4 Å². The number of rotatable bonds is 2. The number of nitrogens with one attached hydrogen (secondary N) is 1. The minimum atomic E-state index is 0.0848. The quantitative estimate of drug-likeness (QED) is 0.485. The Hall–Kier alpha value is 0.230. The summed E-state index contributed by atoms with van der Waals surface area (Å²) in [5.74, 6) is 1.03. The molecule has 0 saturated carbocycles. The SMILES string of the molecule is NC1NC(CCO)CS1. The first-order valence-electron chi connectivity index (χ1n) is 3.07. The normalized spacial score (nSPS) is 35.3. The lowest BCUT2D eigenvalue weighted by Crippen LogP contribution is -2.35. The number of nitrogens with two attached hydrogens (primary N) is 1. The van der Waals surface area contributed by atoms with E-state index in [4.69, 9.17) is 10.8 Å². The van der Waals surface area contributed by atoms with E-state index in [0.717, 1.165) is 12.2 Å². The van der Waals surface area contributed by atoms with Crippen molar-refractivity contribution in [2.24, 2.45) is 5.73 Å². The third kappa shape index (κ3) is 2.14. The lowest BCUT2D eigenvalue weighted by atomic mass is 10.2. The van der Waals surface area contributed by atoms with Crippen LogP contribution in [0.15, 0.2) is 0 Å². The Morgan fingerprint density at radius 3 is 3.00 bits per heavy atom. The smallest absolute Gasteiger partial charge is 0.103 e. The summed E-state index contributed by atoms with van der Waals surface area (Å²) in [6.07, 6.45) is 0.820. The van der Waals surface area contributed by atoms with Gasteiger partial charge in [-0.3, -0.25) is 5.32 Å². The van der Waals surface area contributed by atoms with Crippen molar-refractivity contribution in [2.45, 2.75) is 18.0 Å². The van der Waals surface area contributed by atoms with Crippen LogP contribution in [-0.4, -0.2) is 29.0 Å². The predicted molar refractivity (Wildman–Crippen MR) is 39.1 cm³/mol. The lowest BCUT2D eigenvalue weighted by molar-refractivity contribution is 0.272. The van der Waals surface area contributed by atoms with Gasteiger partial charge in [0.15, 0.2) is 0 Å². The average molecular weight is 148 g/mol. The molecule has 9 heavy (non-hydrogen) atoms. The topological polar surface area (TPSA) is 58.3 Å². The molecule has 1 saturated heterocycles. The summed E-state index contributed by atoms with van der Waals surface area (Å²) in [6, 6.07) is 0.426. The van der Waals surface area contributed by atoms with Crippen molar-refractivity contribution < 1.29 is 5.11 Å². The standard InChI is InChI=1S/C5H12N2OS/c6-5-7-4(1-2-8)3-9-5/h4-5,7-8H,1-3,6H2. The Bertz CT molecular complexity index is 89.0. The fourth-order valence-corrected chi connectivity index (χ4v) is 1.86. The average Bonchev–Trinajstić information content (AvgIpc) is 2.17. The summed E-state index contributed by atoms with van der Waals surface area (Å²) < 4.78 is 0. The molecular weight excluding hydrogens is 136 g/mol. The summed E-state index contributed by atoms with van der Waals surface area (Å²) in [5, 5.41) is 11.7. The second-order valence-electron chi connectivity index (χ2n) is 2.13. The molecule has 2 unspecified atom stereocenters. The minimum Gasteiger partial charge on any atom is -0.396 e. The molecule has 0 spiro atoms. The zero-order chi connectivity index (χ0) is 6.69. The highest BCUT2D eigenvalue weighted by atomic mass is 32.2. The molecule has 0 amide bonds. The Morgan fingerprint density at radius 1 is 1.78 bits per heavy atom. The van der Waals surface area contributed by atoms with Crippen LogP contribution in [0.1, 0.15) is 6.42 Å². The van der Waals surface area contributed by atoms with E-state index in [0.29, 0.717) is 6.04 Å². The van der Waals surface area contributed by atoms with Gasteiger partial charge >= 0.3 is 0 Å². The molecule has 0 bridgehead atoms. The minimum absolute atomic E-state index is 0.0848. The molecule has 54 valence electrons. The van der Waals surface area contributed by atoms with Crippen LogP contribution >= 0.6 is 11.8 Å². The van der Waals surface area contributed by atoms with Crippen molar-refractivity contribution in [1.29, 1.82) is 0 Å². The van der Waals surface area contributed by atoms with Crippen LogP contribution < -0.4 is 11.1 Å². The third-order valence-corrected chi connectivity index (χ3v) is 2.44. The Kier molecular flexibility index (Phi) is 2.78. The van der Waals surface area contributed by atoms with Gasteiger partial charge in [-0.15, -0.1) is 11.8 Å². The largest absolute Gasteiger partial charge is 0.396 e.